The van der Waals surface area contributed by atoms with Crippen LogP contribution in [-0.2, 0) is 17.2 Å². The highest BCUT2D eigenvalue weighted by molar-refractivity contribution is 5.93. The number of hydrogen-bond acceptors (Lipinski definition) is 5. The normalized spacial score (nSPS) is 15.7. The third-order valence-electron chi connectivity index (χ3n) is 8.05. The first kappa shape index (κ1) is 32.5. The molecule has 1 saturated carbocycles. The Morgan fingerprint density at radius 3 is 2.23 bits per heavy atom. The van der Waals surface area contributed by atoms with Crippen LogP contribution in [0.1, 0.15) is 103 Å². The van der Waals surface area contributed by atoms with Crippen LogP contribution in [0.3, 0.4) is 0 Å². The van der Waals surface area contributed by atoms with Crippen molar-refractivity contribution in [2.75, 3.05) is 11.4 Å². The van der Waals surface area contributed by atoms with Crippen LogP contribution in [0.15, 0.2) is 53.1 Å². The first-order valence-corrected chi connectivity index (χ1v) is 15.0. The number of nitrogens with zero attached hydrogens (tertiary/aromatic N) is 3. The van der Waals surface area contributed by atoms with Crippen molar-refractivity contribution >= 4 is 11.7 Å². The molecule has 0 spiro atoms. The van der Waals surface area contributed by atoms with E-state index < -0.39 is 28.6 Å². The minimum Gasteiger partial charge on any atom is -0.386 e. The SMILES string of the molecule is CC(C)(C)NC(=O)N(CCCCC1(c2noc(C(F)(F)F)n2)CCCCC1)c1cccc(-c2ccc(C(C)(C)O)cc2)c1. The van der Waals surface area contributed by atoms with Gasteiger partial charge in [-0.1, -0.05) is 67.2 Å². The molecule has 234 valence electrons. The van der Waals surface area contributed by atoms with Crippen LogP contribution in [0.2, 0.25) is 0 Å². The van der Waals surface area contributed by atoms with E-state index in [9.17, 15) is 23.1 Å². The number of halogens is 3. The Hall–Kier alpha value is -3.40. The smallest absolute Gasteiger partial charge is 0.386 e. The molecule has 4 rings (SSSR count). The third kappa shape index (κ3) is 8.37. The van der Waals surface area contributed by atoms with E-state index >= 15 is 0 Å². The molecule has 1 aromatic heterocycles. The van der Waals surface area contributed by atoms with Gasteiger partial charge in [0, 0.05) is 23.2 Å². The van der Waals surface area contributed by atoms with Gasteiger partial charge in [0.15, 0.2) is 5.82 Å². The maximum Gasteiger partial charge on any atom is 0.471 e. The van der Waals surface area contributed by atoms with Gasteiger partial charge in [0.2, 0.25) is 0 Å². The van der Waals surface area contributed by atoms with Crippen LogP contribution in [0.25, 0.3) is 11.1 Å². The fourth-order valence-electron chi connectivity index (χ4n) is 5.76. The molecule has 43 heavy (non-hydrogen) atoms. The minimum atomic E-state index is -4.67. The number of rotatable bonds is 9. The van der Waals surface area contributed by atoms with Gasteiger partial charge in [-0.2, -0.15) is 18.2 Å². The molecule has 0 saturated heterocycles. The zero-order valence-corrected chi connectivity index (χ0v) is 25.7. The number of anilines is 1. The second-order valence-corrected chi connectivity index (χ2v) is 13.2. The number of aromatic nitrogens is 2. The van der Waals surface area contributed by atoms with Gasteiger partial charge < -0.3 is 14.9 Å². The van der Waals surface area contributed by atoms with Gasteiger partial charge >= 0.3 is 18.1 Å². The number of carbonyl (C=O) groups excluding carboxylic acids is 1. The number of nitrogens with one attached hydrogen (secondary N) is 1. The molecule has 0 atom stereocenters. The molecular formula is C33H43F3N4O3. The van der Waals surface area contributed by atoms with E-state index in [-0.39, 0.29) is 11.9 Å². The van der Waals surface area contributed by atoms with Gasteiger partial charge in [0.05, 0.1) is 5.60 Å². The highest BCUT2D eigenvalue weighted by Crippen LogP contribution is 2.43. The minimum absolute atomic E-state index is 0.144. The number of unbranched alkanes of at least 4 members (excludes halogenated alkanes) is 1. The molecule has 2 amide bonds. The van der Waals surface area contributed by atoms with Crippen LogP contribution in [0, 0.1) is 0 Å². The summed E-state index contributed by atoms with van der Waals surface area (Å²) >= 11 is 0. The molecule has 1 aliphatic rings. The summed E-state index contributed by atoms with van der Waals surface area (Å²) in [5, 5.41) is 17.1. The van der Waals surface area contributed by atoms with Crippen molar-refractivity contribution in [1.29, 1.82) is 0 Å². The number of amides is 2. The van der Waals surface area contributed by atoms with Gasteiger partial charge in [-0.25, -0.2) is 4.79 Å². The fraction of sp³-hybridized carbons (Fsp3) is 0.545. The fourth-order valence-corrected chi connectivity index (χ4v) is 5.76. The van der Waals surface area contributed by atoms with Gasteiger partial charge in [-0.15, -0.1) is 0 Å². The maximum atomic E-state index is 13.5. The van der Waals surface area contributed by atoms with Crippen LogP contribution in [0.4, 0.5) is 23.7 Å². The Kier molecular flexibility index (Phi) is 9.59. The quantitative estimate of drug-likeness (QED) is 0.241. The predicted octanol–water partition coefficient (Wildman–Crippen LogP) is 8.37. The van der Waals surface area contributed by atoms with Crippen LogP contribution in [-0.4, -0.2) is 33.4 Å². The van der Waals surface area contributed by atoms with E-state index in [1.165, 1.54) is 0 Å². The molecule has 10 heteroatoms. The summed E-state index contributed by atoms with van der Waals surface area (Å²) in [4.78, 5) is 19.0. The Morgan fingerprint density at radius 1 is 0.977 bits per heavy atom. The average molecular weight is 601 g/mol. The van der Waals surface area contributed by atoms with E-state index in [1.807, 2.05) is 69.3 Å². The summed E-state index contributed by atoms with van der Waals surface area (Å²) < 4.78 is 44.2. The highest BCUT2D eigenvalue weighted by Gasteiger charge is 2.43. The van der Waals surface area contributed by atoms with Gasteiger partial charge in [0.1, 0.15) is 0 Å². The van der Waals surface area contributed by atoms with Crippen LogP contribution >= 0.6 is 0 Å². The van der Waals surface area contributed by atoms with Gasteiger partial charge in [0.25, 0.3) is 0 Å². The summed E-state index contributed by atoms with van der Waals surface area (Å²) in [5.74, 6) is -1.16. The lowest BCUT2D eigenvalue weighted by Gasteiger charge is -2.35. The van der Waals surface area contributed by atoms with Crippen molar-refractivity contribution in [3.8, 4) is 11.1 Å². The summed E-state index contributed by atoms with van der Waals surface area (Å²) in [6.45, 7) is 9.70. The van der Waals surface area contributed by atoms with Crippen molar-refractivity contribution in [2.45, 2.75) is 109 Å². The molecule has 1 heterocycles. The summed E-state index contributed by atoms with van der Waals surface area (Å²) in [6, 6.07) is 15.3. The number of aliphatic hydroxyl groups is 1. The Bertz CT molecular complexity index is 1370. The van der Waals surface area contributed by atoms with Crippen molar-refractivity contribution in [3.05, 3.63) is 65.8 Å². The zero-order chi connectivity index (χ0) is 31.5. The lowest BCUT2D eigenvalue weighted by atomic mass is 9.70. The Labute approximate surface area is 251 Å². The number of alkyl halides is 3. The molecule has 3 aromatic rings. The monoisotopic (exact) mass is 600 g/mol. The first-order valence-electron chi connectivity index (χ1n) is 15.0. The topological polar surface area (TPSA) is 91.5 Å². The molecule has 1 aliphatic carbocycles. The third-order valence-corrected chi connectivity index (χ3v) is 8.05. The Morgan fingerprint density at radius 2 is 1.65 bits per heavy atom. The summed E-state index contributed by atoms with van der Waals surface area (Å²) in [6.07, 6.45) is 1.54. The van der Waals surface area contributed by atoms with Crippen molar-refractivity contribution in [1.82, 2.24) is 15.5 Å². The van der Waals surface area contributed by atoms with E-state index in [2.05, 4.69) is 20.0 Å². The van der Waals surface area contributed by atoms with Crippen molar-refractivity contribution < 1.29 is 27.6 Å². The highest BCUT2D eigenvalue weighted by atomic mass is 19.4. The van der Waals surface area contributed by atoms with E-state index in [1.54, 1.807) is 18.7 Å². The van der Waals surface area contributed by atoms with Crippen LogP contribution < -0.4 is 10.2 Å². The predicted molar refractivity (Wildman–Crippen MR) is 161 cm³/mol. The van der Waals surface area contributed by atoms with Crippen LogP contribution in [0.5, 0.6) is 0 Å². The molecule has 0 aliphatic heterocycles. The number of carbonyl (C=O) groups is 1. The lowest BCUT2D eigenvalue weighted by molar-refractivity contribution is -0.159. The standard InChI is InChI=1S/C33H43F3N4O3/c1-30(2,3)38-29(41)40(26-13-11-12-24(22-26)23-14-16-25(17-15-23)31(4,5)42)21-10-9-20-32(18-7-6-8-19-32)27-37-28(43-39-27)33(34,35)36/h11-17,22,42H,6-10,18-21H2,1-5H3,(H,38,41). The average Bonchev–Trinajstić information content (AvgIpc) is 3.44. The molecule has 0 radical (unpaired) electrons. The molecule has 2 aromatic carbocycles. The molecular weight excluding hydrogens is 557 g/mol. The number of benzene rings is 2. The van der Waals surface area contributed by atoms with E-state index in [0.717, 1.165) is 41.6 Å². The molecule has 1 fully saturated rings. The number of urea groups is 1. The lowest BCUT2D eigenvalue weighted by Crippen LogP contribution is -2.49. The molecule has 2 N–H and O–H groups in total. The summed E-state index contributed by atoms with van der Waals surface area (Å²) in [7, 11) is 0. The molecule has 0 bridgehead atoms. The maximum absolute atomic E-state index is 13.5. The largest absolute Gasteiger partial charge is 0.471 e. The number of hydrogen-bond donors (Lipinski definition) is 2. The second kappa shape index (κ2) is 12.7. The Balaban J connectivity index is 1.52. The second-order valence-electron chi connectivity index (χ2n) is 13.2. The molecule has 0 unspecified atom stereocenters. The molecule has 7 nitrogen and oxygen atoms in total. The van der Waals surface area contributed by atoms with Crippen molar-refractivity contribution in [3.63, 3.8) is 0 Å². The van der Waals surface area contributed by atoms with Gasteiger partial charge in [-0.3, -0.25) is 4.90 Å². The zero-order valence-electron chi connectivity index (χ0n) is 25.7. The summed E-state index contributed by atoms with van der Waals surface area (Å²) in [5.41, 5.74) is 1.51. The van der Waals surface area contributed by atoms with Gasteiger partial charge in [-0.05, 0) is 89.1 Å². The van der Waals surface area contributed by atoms with Crippen molar-refractivity contribution in [2.24, 2.45) is 0 Å². The first-order chi connectivity index (χ1) is 20.1. The van der Waals surface area contributed by atoms with E-state index in [4.69, 9.17) is 0 Å². The van der Waals surface area contributed by atoms with E-state index in [0.29, 0.717) is 38.6 Å².